The highest BCUT2D eigenvalue weighted by Gasteiger charge is 2.09. The molecule has 0 aliphatic rings. The van der Waals surface area contributed by atoms with Crippen LogP contribution in [0.25, 0.3) is 22.2 Å². The lowest BCUT2D eigenvalue weighted by Gasteiger charge is -2.05. The number of hydrogen-bond acceptors (Lipinski definition) is 3. The molecule has 0 unspecified atom stereocenters. The van der Waals surface area contributed by atoms with Gasteiger partial charge in [-0.25, -0.2) is 0 Å². The van der Waals surface area contributed by atoms with E-state index >= 15 is 0 Å². The van der Waals surface area contributed by atoms with Crippen LogP contribution in [0.15, 0.2) is 53.1 Å². The molecule has 20 heavy (non-hydrogen) atoms. The summed E-state index contributed by atoms with van der Waals surface area (Å²) in [4.78, 5) is 4.47. The zero-order chi connectivity index (χ0) is 13.9. The van der Waals surface area contributed by atoms with Gasteiger partial charge in [-0.3, -0.25) is 4.98 Å². The maximum atomic E-state index is 5.93. The van der Waals surface area contributed by atoms with Gasteiger partial charge in [0.1, 0.15) is 11.5 Å². The Hall–Kier alpha value is -2.13. The molecule has 0 saturated heterocycles. The summed E-state index contributed by atoms with van der Waals surface area (Å²) in [6, 6.07) is 14.6. The predicted octanol–water partition coefficient (Wildman–Crippen LogP) is 3.99. The van der Waals surface area contributed by atoms with Crippen LogP contribution >= 0.6 is 0 Å². The zero-order valence-electron chi connectivity index (χ0n) is 11.8. The fraction of sp³-hybridized carbons (Fsp3) is 0.235. The maximum Gasteiger partial charge on any atom is 0.136 e. The van der Waals surface area contributed by atoms with Gasteiger partial charge in [0.25, 0.3) is 0 Å². The van der Waals surface area contributed by atoms with E-state index in [1.807, 2.05) is 36.5 Å². The molecule has 102 valence electrons. The molecule has 0 amide bonds. The fourth-order valence-corrected chi connectivity index (χ4v) is 2.23. The molecule has 3 heteroatoms. The van der Waals surface area contributed by atoms with E-state index in [4.69, 9.17) is 4.42 Å². The lowest BCUT2D eigenvalue weighted by molar-refractivity contribution is 0.473. The third-order valence-corrected chi connectivity index (χ3v) is 3.24. The van der Waals surface area contributed by atoms with Crippen LogP contribution in [-0.4, -0.2) is 11.0 Å². The van der Waals surface area contributed by atoms with Crippen LogP contribution in [0.5, 0.6) is 0 Å². The molecule has 0 atom stereocenters. The van der Waals surface area contributed by atoms with Gasteiger partial charge in [-0.1, -0.05) is 32.0 Å². The second-order valence-corrected chi connectivity index (χ2v) is 5.18. The van der Waals surface area contributed by atoms with Crippen LogP contribution in [0.3, 0.4) is 0 Å². The lowest BCUT2D eigenvalue weighted by atomic mass is 10.1. The van der Waals surface area contributed by atoms with E-state index in [0.717, 1.165) is 34.5 Å². The van der Waals surface area contributed by atoms with Gasteiger partial charge in [0.15, 0.2) is 0 Å². The number of para-hydroxylation sites is 1. The first-order chi connectivity index (χ1) is 9.74. The Kier molecular flexibility index (Phi) is 3.52. The van der Waals surface area contributed by atoms with Crippen molar-refractivity contribution in [2.75, 3.05) is 0 Å². The lowest BCUT2D eigenvalue weighted by Crippen LogP contribution is -2.21. The molecule has 0 aliphatic carbocycles. The molecule has 0 fully saturated rings. The summed E-state index contributed by atoms with van der Waals surface area (Å²) in [6.45, 7) is 4.99. The van der Waals surface area contributed by atoms with Gasteiger partial charge in [0, 0.05) is 23.2 Å². The van der Waals surface area contributed by atoms with E-state index in [1.54, 1.807) is 0 Å². The zero-order valence-corrected chi connectivity index (χ0v) is 11.8. The largest absolute Gasteiger partial charge is 0.460 e. The van der Waals surface area contributed by atoms with Gasteiger partial charge >= 0.3 is 0 Å². The van der Waals surface area contributed by atoms with Crippen molar-refractivity contribution in [2.24, 2.45) is 0 Å². The van der Waals surface area contributed by atoms with Crippen LogP contribution in [0.4, 0.5) is 0 Å². The molecule has 3 aromatic rings. The molecule has 3 nitrogen and oxygen atoms in total. The Bertz CT molecular complexity index is 710. The summed E-state index contributed by atoms with van der Waals surface area (Å²) >= 11 is 0. The van der Waals surface area contributed by atoms with Crippen molar-refractivity contribution in [3.8, 4) is 11.3 Å². The van der Waals surface area contributed by atoms with Gasteiger partial charge in [0.05, 0.1) is 12.1 Å². The number of pyridine rings is 1. The first kappa shape index (κ1) is 12.9. The summed E-state index contributed by atoms with van der Waals surface area (Å²) in [5.74, 6) is 1.82. The second kappa shape index (κ2) is 5.47. The summed E-state index contributed by atoms with van der Waals surface area (Å²) in [6.07, 6.45) is 1.82. The quantitative estimate of drug-likeness (QED) is 0.775. The highest BCUT2D eigenvalue weighted by molar-refractivity contribution is 5.92. The van der Waals surface area contributed by atoms with E-state index in [0.29, 0.717) is 6.04 Å². The topological polar surface area (TPSA) is 38.1 Å². The highest BCUT2D eigenvalue weighted by Crippen LogP contribution is 2.28. The van der Waals surface area contributed by atoms with E-state index in [9.17, 15) is 0 Å². The Balaban J connectivity index is 1.95. The number of fused-ring (bicyclic) bond motifs is 1. The molecule has 2 aromatic heterocycles. The molecule has 3 rings (SSSR count). The average Bonchev–Trinajstić information content (AvgIpc) is 2.93. The summed E-state index contributed by atoms with van der Waals surface area (Å²) in [7, 11) is 0. The molecule has 2 heterocycles. The Morgan fingerprint density at radius 3 is 2.80 bits per heavy atom. The van der Waals surface area contributed by atoms with Crippen molar-refractivity contribution >= 4 is 10.9 Å². The van der Waals surface area contributed by atoms with Gasteiger partial charge in [-0.15, -0.1) is 0 Å². The molecule has 0 aliphatic heterocycles. The number of benzene rings is 1. The number of rotatable bonds is 4. The molecular formula is C17H18N2O. The smallest absolute Gasteiger partial charge is 0.136 e. The monoisotopic (exact) mass is 266 g/mol. The Morgan fingerprint density at radius 1 is 1.10 bits per heavy atom. The molecule has 1 N–H and O–H groups in total. The van der Waals surface area contributed by atoms with Gasteiger partial charge in [-0.05, 0) is 24.3 Å². The second-order valence-electron chi connectivity index (χ2n) is 5.18. The van der Waals surface area contributed by atoms with Crippen LogP contribution in [0.2, 0.25) is 0 Å². The van der Waals surface area contributed by atoms with Gasteiger partial charge in [-0.2, -0.15) is 0 Å². The molecule has 0 bridgehead atoms. The van der Waals surface area contributed by atoms with E-state index in [2.05, 4.69) is 36.3 Å². The molecular weight excluding hydrogens is 248 g/mol. The van der Waals surface area contributed by atoms with E-state index < -0.39 is 0 Å². The molecule has 0 saturated carbocycles. The Morgan fingerprint density at radius 2 is 1.95 bits per heavy atom. The average molecular weight is 266 g/mol. The minimum Gasteiger partial charge on any atom is -0.460 e. The third kappa shape index (κ3) is 2.58. The van der Waals surface area contributed by atoms with Crippen molar-refractivity contribution in [3.05, 3.63) is 54.4 Å². The number of hydrogen-bond donors (Lipinski definition) is 1. The minimum atomic E-state index is 0.447. The van der Waals surface area contributed by atoms with Crippen LogP contribution in [0.1, 0.15) is 19.6 Å². The third-order valence-electron chi connectivity index (χ3n) is 3.24. The number of furan rings is 1. The first-order valence-electron chi connectivity index (χ1n) is 6.90. The number of aromatic nitrogens is 1. The molecule has 0 radical (unpaired) electrons. The first-order valence-corrected chi connectivity index (χ1v) is 6.90. The van der Waals surface area contributed by atoms with Crippen molar-refractivity contribution < 1.29 is 4.42 Å². The van der Waals surface area contributed by atoms with E-state index in [-0.39, 0.29) is 0 Å². The van der Waals surface area contributed by atoms with Crippen molar-refractivity contribution in [2.45, 2.75) is 26.4 Å². The Labute approximate surface area is 118 Å². The van der Waals surface area contributed by atoms with Crippen molar-refractivity contribution in [1.29, 1.82) is 0 Å². The van der Waals surface area contributed by atoms with Crippen molar-refractivity contribution in [3.63, 3.8) is 0 Å². The molecule has 1 aromatic carbocycles. The van der Waals surface area contributed by atoms with Crippen LogP contribution in [0, 0.1) is 0 Å². The van der Waals surface area contributed by atoms with E-state index in [1.165, 1.54) is 0 Å². The summed E-state index contributed by atoms with van der Waals surface area (Å²) in [5.41, 5.74) is 2.02. The van der Waals surface area contributed by atoms with Crippen LogP contribution < -0.4 is 5.32 Å². The highest BCUT2D eigenvalue weighted by atomic mass is 16.3. The maximum absolute atomic E-state index is 5.93. The standard InChI is InChI=1S/C17H18N2O/c1-12(2)19-11-14-8-9-16(20-14)15-7-3-5-13-6-4-10-18-17(13)15/h3-10,12,19H,11H2,1-2H3. The minimum absolute atomic E-state index is 0.447. The number of nitrogens with one attached hydrogen (secondary N) is 1. The predicted molar refractivity (Wildman–Crippen MR) is 81.4 cm³/mol. The SMILES string of the molecule is CC(C)NCc1ccc(-c2cccc3cccnc23)o1. The fourth-order valence-electron chi connectivity index (χ4n) is 2.23. The van der Waals surface area contributed by atoms with Gasteiger partial charge < -0.3 is 9.73 Å². The summed E-state index contributed by atoms with van der Waals surface area (Å²) in [5, 5.41) is 4.48. The molecule has 0 spiro atoms. The van der Waals surface area contributed by atoms with Crippen molar-refractivity contribution in [1.82, 2.24) is 10.3 Å². The van der Waals surface area contributed by atoms with Gasteiger partial charge in [0.2, 0.25) is 0 Å². The van der Waals surface area contributed by atoms with Crippen LogP contribution in [-0.2, 0) is 6.54 Å². The normalized spacial score (nSPS) is 11.3. The number of nitrogens with zero attached hydrogens (tertiary/aromatic N) is 1. The summed E-state index contributed by atoms with van der Waals surface area (Å²) < 4.78 is 5.93.